The number of aliphatic hydroxyl groups excluding tert-OH is 1. The molecule has 0 aliphatic heterocycles. The smallest absolute Gasteiger partial charge is 0.408 e. The van der Waals surface area contributed by atoms with Crippen molar-refractivity contribution in [3.05, 3.63) is 97.1 Å². The summed E-state index contributed by atoms with van der Waals surface area (Å²) in [7, 11) is 0. The Kier molecular flexibility index (Phi) is 13.6. The standard InChI is InChI=1S/C34H43N3O7/c1-3-13-27(21-30(39)37-34(24-38)19-11-12-20-34)31(40)35-22-29(26-17-9-6-10-18-26)44-32(41)28(14-4-2)36-33(42)43-23-25-15-7-5-8-16-25/h3-10,15-18,27-29,38H,1-2,11-14,19-24H2,(H,35,40)(H,36,42)(H,37,39)/t27-,28-,29+/m1/s1. The number of carbonyl (C=O) groups excluding carboxylic acids is 4. The maximum Gasteiger partial charge on any atom is 0.408 e. The minimum absolute atomic E-state index is 0.0338. The predicted octanol–water partition coefficient (Wildman–Crippen LogP) is 4.26. The lowest BCUT2D eigenvalue weighted by Crippen LogP contribution is -2.50. The van der Waals surface area contributed by atoms with Gasteiger partial charge < -0.3 is 30.5 Å². The minimum atomic E-state index is -1.07. The summed E-state index contributed by atoms with van der Waals surface area (Å²) in [5, 5.41) is 18.1. The Balaban J connectivity index is 1.63. The van der Waals surface area contributed by atoms with Crippen LogP contribution in [0.15, 0.2) is 86.0 Å². The van der Waals surface area contributed by atoms with E-state index in [1.54, 1.807) is 30.3 Å². The number of hydrogen-bond acceptors (Lipinski definition) is 7. The van der Waals surface area contributed by atoms with Gasteiger partial charge in [-0.25, -0.2) is 9.59 Å². The number of allylic oxidation sites excluding steroid dienone is 1. The molecule has 1 fully saturated rings. The first-order valence-electron chi connectivity index (χ1n) is 14.9. The third kappa shape index (κ3) is 10.7. The van der Waals surface area contributed by atoms with Crippen molar-refractivity contribution in [3.8, 4) is 0 Å². The van der Waals surface area contributed by atoms with Gasteiger partial charge in [0.05, 0.1) is 24.6 Å². The van der Waals surface area contributed by atoms with Gasteiger partial charge >= 0.3 is 12.1 Å². The fourth-order valence-electron chi connectivity index (χ4n) is 5.17. The molecule has 3 atom stereocenters. The summed E-state index contributed by atoms with van der Waals surface area (Å²) in [4.78, 5) is 51.8. The van der Waals surface area contributed by atoms with Crippen LogP contribution in [-0.4, -0.2) is 53.7 Å². The van der Waals surface area contributed by atoms with Crippen LogP contribution >= 0.6 is 0 Å². The fourth-order valence-corrected chi connectivity index (χ4v) is 5.17. The molecule has 1 aliphatic carbocycles. The molecule has 236 valence electrons. The van der Waals surface area contributed by atoms with Crippen molar-refractivity contribution in [2.75, 3.05) is 13.2 Å². The molecule has 1 aliphatic rings. The van der Waals surface area contributed by atoms with Gasteiger partial charge in [0, 0.05) is 6.42 Å². The lowest BCUT2D eigenvalue weighted by molar-refractivity contribution is -0.152. The molecule has 0 heterocycles. The summed E-state index contributed by atoms with van der Waals surface area (Å²) in [5.41, 5.74) is 0.793. The van der Waals surface area contributed by atoms with Gasteiger partial charge in [-0.15, -0.1) is 13.2 Å². The number of ether oxygens (including phenoxy) is 2. The van der Waals surface area contributed by atoms with Crippen LogP contribution in [-0.2, 0) is 30.5 Å². The Morgan fingerprint density at radius 1 is 0.932 bits per heavy atom. The molecule has 0 bridgehead atoms. The third-order valence-electron chi connectivity index (χ3n) is 7.60. The van der Waals surface area contributed by atoms with Crippen LogP contribution in [0.1, 0.15) is 62.2 Å². The zero-order chi connectivity index (χ0) is 31.8. The number of hydrogen-bond donors (Lipinski definition) is 4. The highest BCUT2D eigenvalue weighted by molar-refractivity contribution is 5.86. The third-order valence-corrected chi connectivity index (χ3v) is 7.60. The second kappa shape index (κ2) is 17.6. The van der Waals surface area contributed by atoms with Gasteiger partial charge in [0.1, 0.15) is 18.8 Å². The van der Waals surface area contributed by atoms with Gasteiger partial charge in [-0.2, -0.15) is 0 Å². The van der Waals surface area contributed by atoms with E-state index < -0.39 is 41.6 Å². The van der Waals surface area contributed by atoms with Crippen LogP contribution < -0.4 is 16.0 Å². The van der Waals surface area contributed by atoms with Crippen molar-refractivity contribution in [1.82, 2.24) is 16.0 Å². The second-order valence-corrected chi connectivity index (χ2v) is 11.0. The molecule has 2 aromatic carbocycles. The van der Waals surface area contributed by atoms with Crippen LogP contribution in [0.3, 0.4) is 0 Å². The van der Waals surface area contributed by atoms with Gasteiger partial charge in [0.15, 0.2) is 0 Å². The average molecular weight is 606 g/mol. The van der Waals surface area contributed by atoms with Gasteiger partial charge in [-0.05, 0) is 36.8 Å². The summed E-state index contributed by atoms with van der Waals surface area (Å²) in [6.07, 6.45) is 4.93. The van der Waals surface area contributed by atoms with Gasteiger partial charge in [0.25, 0.3) is 0 Å². The maximum atomic E-state index is 13.2. The number of rotatable bonds is 17. The molecule has 0 radical (unpaired) electrons. The predicted molar refractivity (Wildman–Crippen MR) is 166 cm³/mol. The van der Waals surface area contributed by atoms with Crippen molar-refractivity contribution in [3.63, 3.8) is 0 Å². The van der Waals surface area contributed by atoms with E-state index in [-0.39, 0.29) is 44.9 Å². The first kappa shape index (κ1) is 34.1. The Morgan fingerprint density at radius 3 is 2.18 bits per heavy atom. The van der Waals surface area contributed by atoms with Crippen LogP contribution in [0.25, 0.3) is 0 Å². The van der Waals surface area contributed by atoms with E-state index in [2.05, 4.69) is 29.1 Å². The monoisotopic (exact) mass is 605 g/mol. The summed E-state index contributed by atoms with van der Waals surface area (Å²) in [6.45, 7) is 7.22. The molecule has 44 heavy (non-hydrogen) atoms. The zero-order valence-corrected chi connectivity index (χ0v) is 25.0. The van der Waals surface area contributed by atoms with Crippen LogP contribution in [0.2, 0.25) is 0 Å². The van der Waals surface area contributed by atoms with E-state index in [0.717, 1.165) is 18.4 Å². The molecule has 2 aromatic rings. The van der Waals surface area contributed by atoms with Gasteiger partial charge in [-0.1, -0.05) is 85.7 Å². The number of amides is 3. The number of nitrogens with one attached hydrogen (secondary N) is 3. The Labute approximate surface area is 258 Å². The first-order chi connectivity index (χ1) is 21.3. The highest BCUT2D eigenvalue weighted by Gasteiger charge is 2.35. The number of benzene rings is 2. The van der Waals surface area contributed by atoms with Crippen LogP contribution in [0.4, 0.5) is 4.79 Å². The normalized spacial score (nSPS) is 15.6. The Hall–Kier alpha value is -4.44. The molecular weight excluding hydrogens is 562 g/mol. The number of carbonyl (C=O) groups is 4. The lowest BCUT2D eigenvalue weighted by atomic mass is 9.95. The minimum Gasteiger partial charge on any atom is -0.454 e. The molecule has 0 aromatic heterocycles. The van der Waals surface area contributed by atoms with E-state index in [1.165, 1.54) is 6.08 Å². The lowest BCUT2D eigenvalue weighted by Gasteiger charge is -2.29. The first-order valence-corrected chi connectivity index (χ1v) is 14.9. The molecule has 10 nitrogen and oxygen atoms in total. The van der Waals surface area contributed by atoms with Crippen molar-refractivity contribution >= 4 is 23.9 Å². The summed E-state index contributed by atoms with van der Waals surface area (Å²) >= 11 is 0. The molecule has 10 heteroatoms. The molecule has 1 saturated carbocycles. The topological polar surface area (TPSA) is 143 Å². The molecular formula is C34H43N3O7. The molecule has 0 unspecified atom stereocenters. The Morgan fingerprint density at radius 2 is 1.57 bits per heavy atom. The molecule has 0 saturated heterocycles. The SMILES string of the molecule is C=CC[C@H](CC(=O)NC1(CO)CCCC1)C(=O)NC[C@H](OC(=O)[C@@H](CC=C)NC(=O)OCc1ccccc1)c1ccccc1. The molecule has 3 rings (SSSR count). The Bertz CT molecular complexity index is 1250. The number of aliphatic hydroxyl groups is 1. The van der Waals surface area contributed by atoms with Crippen molar-refractivity contribution in [2.45, 2.75) is 69.2 Å². The van der Waals surface area contributed by atoms with Crippen LogP contribution in [0, 0.1) is 5.92 Å². The molecule has 0 spiro atoms. The van der Waals surface area contributed by atoms with Crippen LogP contribution in [0.5, 0.6) is 0 Å². The highest BCUT2D eigenvalue weighted by Crippen LogP contribution is 2.29. The number of esters is 1. The van der Waals surface area contributed by atoms with E-state index in [1.807, 2.05) is 36.4 Å². The van der Waals surface area contributed by atoms with Crippen molar-refractivity contribution < 1.29 is 33.8 Å². The maximum absolute atomic E-state index is 13.2. The highest BCUT2D eigenvalue weighted by atomic mass is 16.6. The largest absolute Gasteiger partial charge is 0.454 e. The van der Waals surface area contributed by atoms with Crippen molar-refractivity contribution in [2.24, 2.45) is 5.92 Å². The number of alkyl carbamates (subject to hydrolysis) is 1. The zero-order valence-electron chi connectivity index (χ0n) is 25.0. The van der Waals surface area contributed by atoms with Gasteiger partial charge in [0.2, 0.25) is 11.8 Å². The second-order valence-electron chi connectivity index (χ2n) is 11.0. The van der Waals surface area contributed by atoms with Crippen molar-refractivity contribution in [1.29, 1.82) is 0 Å². The van der Waals surface area contributed by atoms with E-state index >= 15 is 0 Å². The molecule has 4 N–H and O–H groups in total. The van der Waals surface area contributed by atoms with E-state index in [4.69, 9.17) is 9.47 Å². The van der Waals surface area contributed by atoms with E-state index in [0.29, 0.717) is 18.4 Å². The van der Waals surface area contributed by atoms with E-state index in [9.17, 15) is 24.3 Å². The van der Waals surface area contributed by atoms with Gasteiger partial charge in [-0.3, -0.25) is 9.59 Å². The summed E-state index contributed by atoms with van der Waals surface area (Å²) in [6, 6.07) is 17.0. The fraction of sp³-hybridized carbons (Fsp3) is 0.412. The summed E-state index contributed by atoms with van der Waals surface area (Å²) < 4.78 is 11.1. The quantitative estimate of drug-likeness (QED) is 0.156. The summed E-state index contributed by atoms with van der Waals surface area (Å²) in [5.74, 6) is -2.14. The average Bonchev–Trinajstić information content (AvgIpc) is 3.51. The molecule has 3 amide bonds.